The molecule has 0 spiro atoms. The van der Waals surface area contributed by atoms with E-state index in [-0.39, 0.29) is 0 Å². The lowest BCUT2D eigenvalue weighted by atomic mass is 9.89. The van der Waals surface area contributed by atoms with Gasteiger partial charge < -0.3 is 5.32 Å². The Balaban J connectivity index is 1.84. The summed E-state index contributed by atoms with van der Waals surface area (Å²) in [6, 6.07) is 9.70. The molecule has 2 aliphatic rings. The Morgan fingerprint density at radius 1 is 1.21 bits per heavy atom. The van der Waals surface area contributed by atoms with Crippen molar-refractivity contribution in [2.45, 2.75) is 24.8 Å². The highest BCUT2D eigenvalue weighted by Gasteiger charge is 2.45. The molecular formula is C12H14BrN. The van der Waals surface area contributed by atoms with Crippen molar-refractivity contribution in [3.8, 4) is 0 Å². The van der Waals surface area contributed by atoms with Crippen molar-refractivity contribution in [3.63, 3.8) is 0 Å². The summed E-state index contributed by atoms with van der Waals surface area (Å²) in [5.41, 5.74) is 1.53. The van der Waals surface area contributed by atoms with E-state index in [0.29, 0.717) is 0 Å². The maximum atomic E-state index is 3.56. The van der Waals surface area contributed by atoms with Gasteiger partial charge >= 0.3 is 0 Å². The molecule has 3 rings (SSSR count). The Bertz CT molecular complexity index is 333. The second-order valence-corrected chi connectivity index (χ2v) is 5.32. The molecule has 1 N–H and O–H groups in total. The second-order valence-electron chi connectivity index (χ2n) is 4.41. The first-order valence-electron chi connectivity index (χ1n) is 5.33. The summed E-state index contributed by atoms with van der Waals surface area (Å²) >= 11 is 3.48. The van der Waals surface area contributed by atoms with Crippen LogP contribution in [-0.2, 0) is 0 Å². The van der Waals surface area contributed by atoms with Crippen LogP contribution in [0.1, 0.15) is 24.3 Å². The summed E-state index contributed by atoms with van der Waals surface area (Å²) in [4.78, 5) is 0. The van der Waals surface area contributed by atoms with E-state index in [1.165, 1.54) is 29.4 Å². The Labute approximate surface area is 93.0 Å². The molecule has 0 amide bonds. The molecular weight excluding hydrogens is 238 g/mol. The molecule has 0 aromatic heterocycles. The molecule has 1 aliphatic heterocycles. The van der Waals surface area contributed by atoms with Crippen LogP contribution in [0.2, 0.25) is 0 Å². The van der Waals surface area contributed by atoms with E-state index in [2.05, 4.69) is 45.5 Å². The van der Waals surface area contributed by atoms with Crippen molar-refractivity contribution >= 4 is 15.9 Å². The first kappa shape index (κ1) is 8.93. The fourth-order valence-corrected chi connectivity index (χ4v) is 2.92. The van der Waals surface area contributed by atoms with Gasteiger partial charge in [-0.3, -0.25) is 0 Å². The molecule has 2 fully saturated rings. The van der Waals surface area contributed by atoms with Crippen LogP contribution in [0.5, 0.6) is 0 Å². The van der Waals surface area contributed by atoms with E-state index < -0.39 is 0 Å². The van der Waals surface area contributed by atoms with Crippen molar-refractivity contribution in [3.05, 3.63) is 34.3 Å². The smallest absolute Gasteiger partial charge is 0.0175 e. The summed E-state index contributed by atoms with van der Waals surface area (Å²) in [6.45, 7) is 1.20. The summed E-state index contributed by atoms with van der Waals surface area (Å²) in [6.07, 6.45) is 2.70. The quantitative estimate of drug-likeness (QED) is 0.810. The maximum absolute atomic E-state index is 3.56. The van der Waals surface area contributed by atoms with Crippen molar-refractivity contribution < 1.29 is 0 Å². The van der Waals surface area contributed by atoms with E-state index in [4.69, 9.17) is 0 Å². The molecule has 1 aromatic rings. The number of hydrogen-bond acceptors (Lipinski definition) is 1. The molecule has 3 atom stereocenters. The highest BCUT2D eigenvalue weighted by Crippen LogP contribution is 2.47. The van der Waals surface area contributed by atoms with E-state index in [1.807, 2.05) is 0 Å². The van der Waals surface area contributed by atoms with Gasteiger partial charge in [-0.1, -0.05) is 28.1 Å². The molecule has 3 unspecified atom stereocenters. The number of fused-ring (bicyclic) bond motifs is 1. The second kappa shape index (κ2) is 3.35. The summed E-state index contributed by atoms with van der Waals surface area (Å²) in [7, 11) is 0. The number of nitrogens with one attached hydrogen (secondary N) is 1. The molecule has 1 nitrogen and oxygen atoms in total. The van der Waals surface area contributed by atoms with E-state index in [9.17, 15) is 0 Å². The van der Waals surface area contributed by atoms with Gasteiger partial charge in [-0.15, -0.1) is 0 Å². The van der Waals surface area contributed by atoms with Gasteiger partial charge in [0.1, 0.15) is 0 Å². The average molecular weight is 252 g/mol. The van der Waals surface area contributed by atoms with Crippen LogP contribution in [0.3, 0.4) is 0 Å². The standard InChI is InChI=1S/C12H14BrN/c13-9-3-1-8(2-4-9)10-5-6-14-12-7-11(10)12/h1-4,10-12,14H,5-7H2. The Hall–Kier alpha value is -0.340. The molecule has 0 bridgehead atoms. The lowest BCUT2D eigenvalue weighted by Gasteiger charge is -2.22. The molecule has 1 heterocycles. The zero-order chi connectivity index (χ0) is 9.54. The minimum absolute atomic E-state index is 0.814. The van der Waals surface area contributed by atoms with Crippen LogP contribution >= 0.6 is 15.9 Å². The van der Waals surface area contributed by atoms with Crippen molar-refractivity contribution in [1.82, 2.24) is 5.32 Å². The highest BCUT2D eigenvalue weighted by molar-refractivity contribution is 9.10. The lowest BCUT2D eigenvalue weighted by molar-refractivity contribution is 0.443. The molecule has 1 saturated heterocycles. The lowest BCUT2D eigenvalue weighted by Crippen LogP contribution is -2.28. The van der Waals surface area contributed by atoms with Crippen LogP contribution < -0.4 is 5.32 Å². The molecule has 0 radical (unpaired) electrons. The van der Waals surface area contributed by atoms with E-state index in [0.717, 1.165) is 17.9 Å². The van der Waals surface area contributed by atoms with Crippen molar-refractivity contribution in [1.29, 1.82) is 0 Å². The van der Waals surface area contributed by atoms with Gasteiger partial charge in [0, 0.05) is 10.5 Å². The fraction of sp³-hybridized carbons (Fsp3) is 0.500. The average Bonchev–Trinajstić information content (AvgIpc) is 2.97. The van der Waals surface area contributed by atoms with E-state index >= 15 is 0 Å². The summed E-state index contributed by atoms with van der Waals surface area (Å²) < 4.78 is 1.18. The van der Waals surface area contributed by atoms with Crippen LogP contribution in [0, 0.1) is 5.92 Å². The van der Waals surface area contributed by atoms with Crippen molar-refractivity contribution in [2.75, 3.05) is 6.54 Å². The summed E-state index contributed by atoms with van der Waals surface area (Å²) in [5, 5.41) is 3.56. The number of rotatable bonds is 1. The maximum Gasteiger partial charge on any atom is 0.0175 e. The minimum atomic E-state index is 0.814. The predicted molar refractivity (Wildman–Crippen MR) is 61.4 cm³/mol. The number of benzene rings is 1. The Kier molecular flexibility index (Phi) is 2.14. The van der Waals surface area contributed by atoms with Gasteiger partial charge in [0.2, 0.25) is 0 Å². The molecule has 1 saturated carbocycles. The predicted octanol–water partition coefficient (Wildman–Crippen LogP) is 2.91. The van der Waals surface area contributed by atoms with E-state index in [1.54, 1.807) is 0 Å². The van der Waals surface area contributed by atoms with Crippen molar-refractivity contribution in [2.24, 2.45) is 5.92 Å². The topological polar surface area (TPSA) is 12.0 Å². The number of hydrogen-bond donors (Lipinski definition) is 1. The van der Waals surface area contributed by atoms with Gasteiger partial charge in [0.15, 0.2) is 0 Å². The zero-order valence-electron chi connectivity index (χ0n) is 8.04. The highest BCUT2D eigenvalue weighted by atomic mass is 79.9. The van der Waals surface area contributed by atoms with Gasteiger partial charge in [-0.2, -0.15) is 0 Å². The van der Waals surface area contributed by atoms with Gasteiger partial charge in [0.05, 0.1) is 0 Å². The normalized spacial score (nSPS) is 35.1. The third-order valence-electron chi connectivity index (χ3n) is 3.52. The van der Waals surface area contributed by atoms with Crippen LogP contribution in [-0.4, -0.2) is 12.6 Å². The Morgan fingerprint density at radius 2 is 2.00 bits per heavy atom. The number of halogens is 1. The number of piperidine rings is 1. The Morgan fingerprint density at radius 3 is 2.79 bits per heavy atom. The van der Waals surface area contributed by atoms with Gasteiger partial charge in [-0.25, -0.2) is 0 Å². The SMILES string of the molecule is Brc1ccc(C2CCNC3CC32)cc1. The first-order valence-corrected chi connectivity index (χ1v) is 6.13. The van der Waals surface area contributed by atoms with Crippen LogP contribution in [0.4, 0.5) is 0 Å². The fourth-order valence-electron chi connectivity index (χ4n) is 2.66. The van der Waals surface area contributed by atoms with Crippen LogP contribution in [0.15, 0.2) is 28.7 Å². The molecule has 14 heavy (non-hydrogen) atoms. The third kappa shape index (κ3) is 1.51. The van der Waals surface area contributed by atoms with Crippen LogP contribution in [0.25, 0.3) is 0 Å². The summed E-state index contributed by atoms with van der Waals surface area (Å²) in [5.74, 6) is 1.74. The first-order chi connectivity index (χ1) is 6.84. The zero-order valence-corrected chi connectivity index (χ0v) is 9.63. The molecule has 1 aromatic carbocycles. The molecule has 2 heteroatoms. The molecule has 74 valence electrons. The monoisotopic (exact) mass is 251 g/mol. The molecule has 1 aliphatic carbocycles. The van der Waals surface area contributed by atoms with Gasteiger partial charge in [-0.05, 0) is 48.9 Å². The third-order valence-corrected chi connectivity index (χ3v) is 4.05. The minimum Gasteiger partial charge on any atom is -0.314 e. The van der Waals surface area contributed by atoms with Gasteiger partial charge in [0.25, 0.3) is 0 Å². The largest absolute Gasteiger partial charge is 0.314 e.